The van der Waals surface area contributed by atoms with Gasteiger partial charge in [-0.25, -0.2) is 4.98 Å². The van der Waals surface area contributed by atoms with Crippen LogP contribution in [0.25, 0.3) is 5.00 Å². The molecule has 4 aromatic heterocycles. The molecule has 15 heteroatoms. The molecular weight excluding hydrogens is 832 g/mol. The molecule has 3 unspecified atom stereocenters. The fraction of sp³-hybridized carbons (Fsp3) is 0.417. The summed E-state index contributed by atoms with van der Waals surface area (Å²) in [7, 11) is 0. The highest BCUT2D eigenvalue weighted by molar-refractivity contribution is 7.15. The van der Waals surface area contributed by atoms with Crippen molar-refractivity contribution in [2.75, 3.05) is 18.0 Å². The third kappa shape index (κ3) is 8.48. The Balaban J connectivity index is 0.739. The fourth-order valence-corrected chi connectivity index (χ4v) is 11.2. The first-order valence-electron chi connectivity index (χ1n) is 22.0. The summed E-state index contributed by atoms with van der Waals surface area (Å²) in [5.41, 5.74) is 6.61. The molecular formula is C48H49ClN10O3S. The molecule has 1 saturated heterocycles. The lowest BCUT2D eigenvalue weighted by Gasteiger charge is -2.33. The molecule has 1 N–H and O–H groups in total. The van der Waals surface area contributed by atoms with E-state index in [2.05, 4.69) is 84.3 Å². The van der Waals surface area contributed by atoms with E-state index in [4.69, 9.17) is 31.0 Å². The number of aliphatic imine (C=N–C) groups is 1. The molecule has 4 atom stereocenters. The normalized spacial score (nSPS) is 22.9. The fourth-order valence-electron chi connectivity index (χ4n) is 9.79. The van der Waals surface area contributed by atoms with Crippen molar-refractivity contribution in [2.45, 2.75) is 103 Å². The van der Waals surface area contributed by atoms with Gasteiger partial charge in [-0.3, -0.25) is 14.4 Å². The molecule has 4 aliphatic rings. The quantitative estimate of drug-likeness (QED) is 0.133. The number of oxazole rings is 1. The summed E-state index contributed by atoms with van der Waals surface area (Å²) in [6.07, 6.45) is 11.8. The molecule has 0 bridgehead atoms. The maximum absolute atomic E-state index is 13.2. The minimum Gasteiger partial charge on any atom is -0.490 e. The number of carbonyl (C=O) groups is 1. The predicted molar refractivity (Wildman–Crippen MR) is 241 cm³/mol. The van der Waals surface area contributed by atoms with E-state index in [1.165, 1.54) is 35.3 Å². The third-order valence-corrected chi connectivity index (χ3v) is 14.9. The lowest BCUT2D eigenvalue weighted by Crippen LogP contribution is -2.40. The monoisotopic (exact) mass is 880 g/mol. The van der Waals surface area contributed by atoms with Gasteiger partial charge in [0, 0.05) is 41.2 Å². The van der Waals surface area contributed by atoms with Gasteiger partial charge in [-0.15, -0.1) is 31.7 Å². The molecule has 6 aromatic rings. The Bertz CT molecular complexity index is 2700. The number of hydrogen-bond acceptors (Lipinski definition) is 12. The first-order chi connectivity index (χ1) is 30.7. The number of nitrogens with one attached hydrogen (secondary N) is 1. The number of rotatable bonds is 11. The zero-order valence-electron chi connectivity index (χ0n) is 35.6. The Morgan fingerprint density at radius 1 is 1.02 bits per heavy atom. The van der Waals surface area contributed by atoms with E-state index < -0.39 is 0 Å². The Kier molecular flexibility index (Phi) is 11.3. The molecule has 1 amide bonds. The SMILES string of the molecule is Cc1sc2c(c1C)C(c1ccc(C3CC3CC3CCCN(c4ccc(C(=O)NC5CCC(Oc6ccc(C#N)c(Cl)c6)CC5)nn4)C3)cc1)=N[C@@H](Cc1ncco1)c1nnc(C)n1-2. The number of amides is 1. The van der Waals surface area contributed by atoms with E-state index in [1.54, 1.807) is 48.1 Å². The molecule has 63 heavy (non-hydrogen) atoms. The van der Waals surface area contributed by atoms with Crippen LogP contribution in [0.3, 0.4) is 0 Å². The smallest absolute Gasteiger partial charge is 0.272 e. The second kappa shape index (κ2) is 17.3. The number of aromatic nitrogens is 6. The minimum absolute atomic E-state index is 0.0333. The average molecular weight is 882 g/mol. The van der Waals surface area contributed by atoms with Crippen molar-refractivity contribution in [2.24, 2.45) is 16.8 Å². The number of anilines is 1. The van der Waals surface area contributed by atoms with Crippen molar-refractivity contribution in [1.82, 2.24) is 35.3 Å². The van der Waals surface area contributed by atoms with Crippen LogP contribution in [0, 0.1) is 43.9 Å². The van der Waals surface area contributed by atoms with Gasteiger partial charge in [-0.05, 0) is 125 Å². The number of aryl methyl sites for hydroxylation is 2. The van der Waals surface area contributed by atoms with E-state index in [9.17, 15) is 4.79 Å². The maximum Gasteiger partial charge on any atom is 0.272 e. The number of thiophene rings is 1. The topological polar surface area (TPSA) is 160 Å². The summed E-state index contributed by atoms with van der Waals surface area (Å²) >= 11 is 7.95. The Labute approximate surface area is 375 Å². The van der Waals surface area contributed by atoms with Gasteiger partial charge in [0.1, 0.15) is 34.9 Å². The number of halogens is 1. The number of ether oxygens (including phenoxy) is 1. The first kappa shape index (κ1) is 41.1. The first-order valence-corrected chi connectivity index (χ1v) is 23.2. The van der Waals surface area contributed by atoms with Crippen LogP contribution in [-0.2, 0) is 6.42 Å². The van der Waals surface area contributed by atoms with Crippen molar-refractivity contribution >= 4 is 40.4 Å². The lowest BCUT2D eigenvalue weighted by molar-refractivity contribution is 0.0888. The zero-order valence-corrected chi connectivity index (χ0v) is 37.2. The summed E-state index contributed by atoms with van der Waals surface area (Å²) in [5, 5.41) is 31.8. The molecule has 10 rings (SSSR count). The van der Waals surface area contributed by atoms with E-state index >= 15 is 0 Å². The molecule has 3 fully saturated rings. The molecule has 322 valence electrons. The Morgan fingerprint density at radius 3 is 2.60 bits per heavy atom. The van der Waals surface area contributed by atoms with Crippen molar-refractivity contribution in [1.29, 1.82) is 5.26 Å². The summed E-state index contributed by atoms with van der Waals surface area (Å²) in [5.74, 6) is 5.37. The molecule has 2 aliphatic heterocycles. The van der Waals surface area contributed by atoms with Gasteiger partial charge < -0.3 is 19.4 Å². The third-order valence-electron chi connectivity index (χ3n) is 13.4. The number of nitrogens with zero attached hydrogens (tertiary/aromatic N) is 9. The molecule has 2 saturated carbocycles. The van der Waals surface area contributed by atoms with Gasteiger partial charge in [0.05, 0.1) is 35.0 Å². The number of fused-ring (bicyclic) bond motifs is 3. The highest BCUT2D eigenvalue weighted by Gasteiger charge is 2.41. The van der Waals surface area contributed by atoms with Crippen molar-refractivity contribution in [3.63, 3.8) is 0 Å². The van der Waals surface area contributed by atoms with Crippen LogP contribution >= 0.6 is 22.9 Å². The molecule has 6 heterocycles. The molecule has 0 spiro atoms. The zero-order chi connectivity index (χ0) is 43.2. The van der Waals surface area contributed by atoms with E-state index in [0.29, 0.717) is 52.1 Å². The molecule has 2 aromatic carbocycles. The Morgan fingerprint density at radius 2 is 1.86 bits per heavy atom. The molecule has 2 aliphatic carbocycles. The highest BCUT2D eigenvalue weighted by Crippen LogP contribution is 2.52. The van der Waals surface area contributed by atoms with Gasteiger partial charge in [-0.2, -0.15) is 5.26 Å². The maximum atomic E-state index is 13.2. The minimum atomic E-state index is -0.294. The summed E-state index contributed by atoms with van der Waals surface area (Å²) in [6.45, 7) is 8.25. The lowest BCUT2D eigenvalue weighted by atomic mass is 9.91. The Hall–Kier alpha value is -5.91. The average Bonchev–Trinajstić information content (AvgIpc) is 3.53. The van der Waals surface area contributed by atoms with Gasteiger partial charge in [0.25, 0.3) is 5.91 Å². The number of piperidine rings is 1. The van der Waals surface area contributed by atoms with Crippen LogP contribution in [-0.4, -0.2) is 66.8 Å². The largest absolute Gasteiger partial charge is 0.490 e. The second-order valence-corrected chi connectivity index (χ2v) is 19.1. The number of benzene rings is 2. The predicted octanol–water partition coefficient (Wildman–Crippen LogP) is 9.22. The van der Waals surface area contributed by atoms with Gasteiger partial charge in [0.15, 0.2) is 23.2 Å². The van der Waals surface area contributed by atoms with Crippen LogP contribution < -0.4 is 15.0 Å². The van der Waals surface area contributed by atoms with E-state index in [-0.39, 0.29) is 24.1 Å². The van der Waals surface area contributed by atoms with Gasteiger partial charge in [-0.1, -0.05) is 35.9 Å². The van der Waals surface area contributed by atoms with Crippen LogP contribution in [0.1, 0.15) is 124 Å². The van der Waals surface area contributed by atoms with Crippen LogP contribution in [0.2, 0.25) is 5.02 Å². The molecule has 0 radical (unpaired) electrons. The van der Waals surface area contributed by atoms with Crippen molar-refractivity contribution < 1.29 is 13.9 Å². The van der Waals surface area contributed by atoms with Crippen molar-refractivity contribution in [3.8, 4) is 16.8 Å². The second-order valence-electron chi connectivity index (χ2n) is 17.5. The van der Waals surface area contributed by atoms with Gasteiger partial charge in [0.2, 0.25) is 0 Å². The standard InChI is InChI=1S/C48H49ClN10O3S/c1-27-28(2)63-48-44(27)45(53-41(24-43-51-18-20-61-43)46-57-54-29(3)59(46)48)32-8-6-31(7-9-32)38-22-34(38)21-30-5-4-19-58(26-30)42-17-16-40(55-56-42)47(60)52-35-11-14-36(15-12-35)62-37-13-10-33(25-50)39(49)23-37/h6-10,13,16-18,20,23,30,34-36,38,41H,4-5,11-12,14-15,19,21-22,24,26H2,1-3H3,(H,52,60)/t30?,34?,35?,36?,38?,41-/m0/s1. The number of hydrogen-bond donors (Lipinski definition) is 1. The van der Waals surface area contributed by atoms with Gasteiger partial charge >= 0.3 is 0 Å². The van der Waals surface area contributed by atoms with Crippen LogP contribution in [0.15, 0.2) is 76.5 Å². The summed E-state index contributed by atoms with van der Waals surface area (Å²) < 4.78 is 14.0. The van der Waals surface area contributed by atoms with Crippen LogP contribution in [0.4, 0.5) is 5.82 Å². The highest BCUT2D eigenvalue weighted by atomic mass is 35.5. The number of carbonyl (C=O) groups excluding carboxylic acids is 1. The molecule has 13 nitrogen and oxygen atoms in total. The number of nitriles is 1. The van der Waals surface area contributed by atoms with E-state index in [1.807, 2.05) is 13.0 Å². The van der Waals surface area contributed by atoms with E-state index in [0.717, 1.165) is 84.5 Å². The summed E-state index contributed by atoms with van der Waals surface area (Å²) in [6, 6.07) is 19.8. The summed E-state index contributed by atoms with van der Waals surface area (Å²) in [4.78, 5) is 26.6. The van der Waals surface area contributed by atoms with Crippen molar-refractivity contribution in [3.05, 3.63) is 128 Å². The van der Waals surface area contributed by atoms with Crippen LogP contribution in [0.5, 0.6) is 5.75 Å².